The molecule has 0 spiro atoms. The Kier molecular flexibility index (Phi) is 4.24. The molecule has 1 atom stereocenters. The largest absolute Gasteiger partial charge is 0.467 e. The Bertz CT molecular complexity index is 482. The number of rotatable bonds is 4. The quantitative estimate of drug-likeness (QED) is 0.799. The second-order valence-electron chi connectivity index (χ2n) is 4.65. The summed E-state index contributed by atoms with van der Waals surface area (Å²) in [6, 6.07) is 6.76. The van der Waals surface area contributed by atoms with Gasteiger partial charge in [0.2, 0.25) is 0 Å². The van der Waals surface area contributed by atoms with E-state index < -0.39 is 6.04 Å². The number of methoxy groups -OCH3 is 1. The van der Waals surface area contributed by atoms with Crippen LogP contribution in [0.4, 0.5) is 0 Å². The van der Waals surface area contributed by atoms with Gasteiger partial charge in [0.15, 0.2) is 0 Å². The Morgan fingerprint density at radius 3 is 2.37 bits per heavy atom. The molecule has 0 unspecified atom stereocenters. The molecule has 0 N–H and O–H groups in total. The highest BCUT2D eigenvalue weighted by atomic mass is 79.9. The van der Waals surface area contributed by atoms with Crippen LogP contribution < -0.4 is 0 Å². The maximum absolute atomic E-state index is 12.5. The van der Waals surface area contributed by atoms with Gasteiger partial charge in [-0.25, -0.2) is 4.79 Å². The molecule has 102 valence electrons. The first kappa shape index (κ1) is 14.1. The van der Waals surface area contributed by atoms with Crippen LogP contribution in [0, 0.1) is 0 Å². The van der Waals surface area contributed by atoms with Crippen molar-refractivity contribution in [1.29, 1.82) is 0 Å². The molecule has 1 saturated carbocycles. The molecule has 1 amide bonds. The number of nitrogens with zero attached hydrogens (tertiary/aromatic N) is 1. The van der Waals surface area contributed by atoms with Crippen molar-refractivity contribution in [2.24, 2.45) is 0 Å². The summed E-state index contributed by atoms with van der Waals surface area (Å²) in [7, 11) is 1.34. The molecule has 1 aliphatic carbocycles. The zero-order valence-electron chi connectivity index (χ0n) is 10.9. The van der Waals surface area contributed by atoms with Crippen LogP contribution in [0.15, 0.2) is 28.7 Å². The zero-order valence-corrected chi connectivity index (χ0v) is 12.5. The molecule has 1 aromatic rings. The van der Waals surface area contributed by atoms with E-state index in [1.165, 1.54) is 7.11 Å². The number of benzene rings is 1. The predicted octanol–water partition coefficient (Wildman–Crippen LogP) is 2.62. The van der Waals surface area contributed by atoms with E-state index in [2.05, 4.69) is 15.9 Å². The Hall–Kier alpha value is -1.36. The van der Waals surface area contributed by atoms with Crippen molar-refractivity contribution in [3.8, 4) is 0 Å². The lowest BCUT2D eigenvalue weighted by Gasteiger charge is -2.27. The summed E-state index contributed by atoms with van der Waals surface area (Å²) >= 11 is 3.34. The lowest BCUT2D eigenvalue weighted by molar-refractivity contribution is -0.145. The second-order valence-corrected chi connectivity index (χ2v) is 5.57. The summed E-state index contributed by atoms with van der Waals surface area (Å²) in [5.74, 6) is -0.495. The van der Waals surface area contributed by atoms with Crippen molar-refractivity contribution < 1.29 is 14.3 Å². The highest BCUT2D eigenvalue weighted by Gasteiger charge is 2.39. The van der Waals surface area contributed by atoms with Gasteiger partial charge in [0, 0.05) is 16.1 Å². The fourth-order valence-electron chi connectivity index (χ4n) is 2.04. The van der Waals surface area contributed by atoms with E-state index >= 15 is 0 Å². The predicted molar refractivity (Wildman–Crippen MR) is 74.8 cm³/mol. The van der Waals surface area contributed by atoms with E-state index in [0.717, 1.165) is 17.3 Å². The summed E-state index contributed by atoms with van der Waals surface area (Å²) in [5, 5.41) is 0. The van der Waals surface area contributed by atoms with Crippen molar-refractivity contribution >= 4 is 27.8 Å². The average Bonchev–Trinajstić information content (AvgIpc) is 3.23. The maximum atomic E-state index is 12.5. The van der Waals surface area contributed by atoms with Crippen molar-refractivity contribution in [2.45, 2.75) is 31.8 Å². The van der Waals surface area contributed by atoms with E-state index in [0.29, 0.717) is 5.56 Å². The number of halogens is 1. The molecule has 0 saturated heterocycles. The molecule has 0 aliphatic heterocycles. The Morgan fingerprint density at radius 2 is 1.89 bits per heavy atom. The molecule has 0 aromatic heterocycles. The van der Waals surface area contributed by atoms with Crippen molar-refractivity contribution in [1.82, 2.24) is 4.90 Å². The molecular weight excluding hydrogens is 310 g/mol. The number of ether oxygens (including phenoxy) is 1. The summed E-state index contributed by atoms with van der Waals surface area (Å²) in [6.07, 6.45) is 1.90. The topological polar surface area (TPSA) is 46.6 Å². The third kappa shape index (κ3) is 3.15. The van der Waals surface area contributed by atoms with Gasteiger partial charge in [0.05, 0.1) is 7.11 Å². The minimum atomic E-state index is -0.548. The summed E-state index contributed by atoms with van der Waals surface area (Å²) in [6.45, 7) is 1.71. The standard InChI is InChI=1S/C14H16BrNO3/c1-9(14(18)19-2)16(12-7-8-12)13(17)10-3-5-11(15)6-4-10/h3-6,9,12H,7-8H2,1-2H3/t9-/m0/s1. The summed E-state index contributed by atoms with van der Waals surface area (Å²) in [4.78, 5) is 25.8. The van der Waals surface area contributed by atoms with Crippen LogP contribution in [0.3, 0.4) is 0 Å². The van der Waals surface area contributed by atoms with Crippen LogP contribution >= 0.6 is 15.9 Å². The fraction of sp³-hybridized carbons (Fsp3) is 0.429. The van der Waals surface area contributed by atoms with E-state index in [4.69, 9.17) is 4.74 Å². The van der Waals surface area contributed by atoms with Crippen LogP contribution in [0.25, 0.3) is 0 Å². The third-order valence-electron chi connectivity index (χ3n) is 3.23. The third-order valence-corrected chi connectivity index (χ3v) is 3.75. The monoisotopic (exact) mass is 325 g/mol. The van der Waals surface area contributed by atoms with Gasteiger partial charge >= 0.3 is 5.97 Å². The Morgan fingerprint density at radius 1 is 1.32 bits per heavy atom. The van der Waals surface area contributed by atoms with Crippen LogP contribution in [0.2, 0.25) is 0 Å². The van der Waals surface area contributed by atoms with Crippen LogP contribution in [-0.2, 0) is 9.53 Å². The number of esters is 1. The number of carbonyl (C=O) groups excluding carboxylic acids is 2. The van der Waals surface area contributed by atoms with Gasteiger partial charge in [-0.2, -0.15) is 0 Å². The first-order valence-corrected chi connectivity index (χ1v) is 7.00. The normalized spacial score (nSPS) is 15.7. The molecule has 0 bridgehead atoms. The lowest BCUT2D eigenvalue weighted by atomic mass is 10.1. The first-order chi connectivity index (χ1) is 9.04. The highest BCUT2D eigenvalue weighted by molar-refractivity contribution is 9.10. The van der Waals surface area contributed by atoms with Gasteiger partial charge in [-0.3, -0.25) is 4.79 Å². The van der Waals surface area contributed by atoms with Gasteiger partial charge in [0.25, 0.3) is 5.91 Å². The van der Waals surface area contributed by atoms with Gasteiger partial charge < -0.3 is 9.64 Å². The van der Waals surface area contributed by atoms with Gasteiger partial charge in [-0.05, 0) is 44.0 Å². The van der Waals surface area contributed by atoms with Gasteiger partial charge in [0.1, 0.15) is 6.04 Å². The molecule has 1 aliphatic rings. The van der Waals surface area contributed by atoms with Crippen LogP contribution in [-0.4, -0.2) is 36.0 Å². The lowest BCUT2D eigenvalue weighted by Crippen LogP contribution is -2.45. The molecule has 0 radical (unpaired) electrons. The van der Waals surface area contributed by atoms with Crippen molar-refractivity contribution in [3.63, 3.8) is 0 Å². The number of carbonyl (C=O) groups is 2. The highest BCUT2D eigenvalue weighted by Crippen LogP contribution is 2.30. The minimum Gasteiger partial charge on any atom is -0.467 e. The van der Waals surface area contributed by atoms with E-state index in [9.17, 15) is 9.59 Å². The smallest absolute Gasteiger partial charge is 0.328 e. The molecule has 4 nitrogen and oxygen atoms in total. The second kappa shape index (κ2) is 5.74. The maximum Gasteiger partial charge on any atom is 0.328 e. The average molecular weight is 326 g/mol. The number of hydrogen-bond donors (Lipinski definition) is 0. The molecule has 5 heteroatoms. The molecule has 2 rings (SSSR count). The first-order valence-electron chi connectivity index (χ1n) is 6.20. The zero-order chi connectivity index (χ0) is 14.0. The molecule has 1 aromatic carbocycles. The fourth-order valence-corrected chi connectivity index (χ4v) is 2.30. The van der Waals surface area contributed by atoms with E-state index in [1.54, 1.807) is 24.0 Å². The Labute approximate surface area is 120 Å². The van der Waals surface area contributed by atoms with Crippen LogP contribution in [0.5, 0.6) is 0 Å². The summed E-state index contributed by atoms with van der Waals surface area (Å²) in [5.41, 5.74) is 0.589. The van der Waals surface area contributed by atoms with Crippen LogP contribution in [0.1, 0.15) is 30.1 Å². The molecule has 19 heavy (non-hydrogen) atoms. The van der Waals surface area contributed by atoms with Crippen molar-refractivity contribution in [3.05, 3.63) is 34.3 Å². The summed E-state index contributed by atoms with van der Waals surface area (Å²) < 4.78 is 5.66. The molecular formula is C14H16BrNO3. The molecule has 1 fully saturated rings. The van der Waals surface area contributed by atoms with Gasteiger partial charge in [-0.15, -0.1) is 0 Å². The SMILES string of the molecule is COC(=O)[C@H](C)N(C(=O)c1ccc(Br)cc1)C1CC1. The number of amides is 1. The molecule has 0 heterocycles. The van der Waals surface area contributed by atoms with Crippen molar-refractivity contribution in [2.75, 3.05) is 7.11 Å². The number of hydrogen-bond acceptors (Lipinski definition) is 3. The van der Waals surface area contributed by atoms with E-state index in [-0.39, 0.29) is 17.9 Å². The van der Waals surface area contributed by atoms with Gasteiger partial charge in [-0.1, -0.05) is 15.9 Å². The Balaban J connectivity index is 2.21. The van der Waals surface area contributed by atoms with E-state index in [1.807, 2.05) is 12.1 Å². The minimum absolute atomic E-state index is 0.118.